The second-order valence-electron chi connectivity index (χ2n) is 3.93. The van der Waals surface area contributed by atoms with Gasteiger partial charge in [-0.15, -0.1) is 0 Å². The number of rotatable bonds is 6. The maximum atomic E-state index is 11.7. The average molecular weight is 257 g/mol. The molecule has 1 amide bonds. The van der Waals surface area contributed by atoms with Gasteiger partial charge in [0.05, 0.1) is 13.0 Å². The first-order valence-corrected chi connectivity index (χ1v) is 5.96. The lowest BCUT2D eigenvalue weighted by Gasteiger charge is -2.25. The van der Waals surface area contributed by atoms with Gasteiger partial charge in [0.1, 0.15) is 0 Å². The number of ether oxygens (including phenoxy) is 1. The monoisotopic (exact) mass is 257 g/mol. The summed E-state index contributed by atoms with van der Waals surface area (Å²) in [7, 11) is 1.40. The van der Waals surface area contributed by atoms with E-state index in [-0.39, 0.29) is 18.9 Å². The molecule has 0 aliphatic carbocycles. The number of carbonyl (C=O) groups excluding carboxylic acids is 1. The first-order chi connectivity index (χ1) is 7.98. The van der Waals surface area contributed by atoms with Gasteiger partial charge in [-0.2, -0.15) is 11.3 Å². The van der Waals surface area contributed by atoms with E-state index in [1.54, 1.807) is 0 Å². The van der Waals surface area contributed by atoms with Gasteiger partial charge in [0.25, 0.3) is 0 Å². The SMILES string of the molecule is COCC(C)(NC(=O)Cc1ccsc1)C(=O)O. The van der Waals surface area contributed by atoms with Crippen molar-refractivity contribution in [3.8, 4) is 0 Å². The molecule has 17 heavy (non-hydrogen) atoms. The molecule has 1 aromatic heterocycles. The third-order valence-electron chi connectivity index (χ3n) is 2.27. The fourth-order valence-electron chi connectivity index (χ4n) is 1.37. The average Bonchev–Trinajstić information content (AvgIpc) is 2.70. The van der Waals surface area contributed by atoms with Crippen LogP contribution in [0, 0.1) is 0 Å². The molecule has 1 aromatic rings. The number of carboxylic acid groups (broad SMARTS) is 1. The smallest absolute Gasteiger partial charge is 0.331 e. The fraction of sp³-hybridized carbons (Fsp3) is 0.455. The maximum Gasteiger partial charge on any atom is 0.331 e. The molecule has 0 spiro atoms. The van der Waals surface area contributed by atoms with E-state index in [2.05, 4.69) is 5.32 Å². The van der Waals surface area contributed by atoms with Crippen LogP contribution in [-0.4, -0.2) is 36.2 Å². The molecule has 5 nitrogen and oxygen atoms in total. The Bertz CT molecular complexity index is 390. The predicted octanol–water partition coefficient (Wildman–Crippen LogP) is 0.896. The second-order valence-corrected chi connectivity index (χ2v) is 4.71. The Morgan fingerprint density at radius 2 is 2.29 bits per heavy atom. The molecule has 0 bridgehead atoms. The molecule has 1 heterocycles. The first-order valence-electron chi connectivity index (χ1n) is 5.02. The second kappa shape index (κ2) is 5.79. The van der Waals surface area contributed by atoms with Crippen molar-refractivity contribution in [2.75, 3.05) is 13.7 Å². The van der Waals surface area contributed by atoms with E-state index in [0.29, 0.717) is 0 Å². The van der Waals surface area contributed by atoms with E-state index in [1.807, 2.05) is 16.8 Å². The number of amides is 1. The van der Waals surface area contributed by atoms with Gasteiger partial charge in [0, 0.05) is 7.11 Å². The van der Waals surface area contributed by atoms with Crippen molar-refractivity contribution in [3.63, 3.8) is 0 Å². The molecule has 0 aliphatic rings. The van der Waals surface area contributed by atoms with Gasteiger partial charge in [-0.3, -0.25) is 4.79 Å². The number of methoxy groups -OCH3 is 1. The van der Waals surface area contributed by atoms with Gasteiger partial charge in [0.2, 0.25) is 5.91 Å². The summed E-state index contributed by atoms with van der Waals surface area (Å²) in [6.07, 6.45) is 0.177. The van der Waals surface area contributed by atoms with Gasteiger partial charge in [0.15, 0.2) is 5.54 Å². The first kappa shape index (κ1) is 13.7. The summed E-state index contributed by atoms with van der Waals surface area (Å²) in [5, 5.41) is 15.2. The molecular formula is C11H15NO4S. The highest BCUT2D eigenvalue weighted by Gasteiger charge is 2.34. The van der Waals surface area contributed by atoms with Crippen molar-refractivity contribution < 1.29 is 19.4 Å². The van der Waals surface area contributed by atoms with E-state index in [0.717, 1.165) is 5.56 Å². The van der Waals surface area contributed by atoms with Gasteiger partial charge >= 0.3 is 5.97 Å². The Balaban J connectivity index is 2.61. The minimum absolute atomic E-state index is 0.0717. The normalized spacial score (nSPS) is 14.0. The zero-order chi connectivity index (χ0) is 12.9. The fourth-order valence-corrected chi connectivity index (χ4v) is 2.04. The molecule has 0 saturated heterocycles. The van der Waals surface area contributed by atoms with Crippen LogP contribution in [0.4, 0.5) is 0 Å². The summed E-state index contributed by atoms with van der Waals surface area (Å²) in [6.45, 7) is 1.35. The van der Waals surface area contributed by atoms with Crippen LogP contribution in [0.2, 0.25) is 0 Å². The van der Waals surface area contributed by atoms with Crippen molar-refractivity contribution in [3.05, 3.63) is 22.4 Å². The Labute approximate surface area is 103 Å². The van der Waals surface area contributed by atoms with Crippen LogP contribution in [0.15, 0.2) is 16.8 Å². The van der Waals surface area contributed by atoms with E-state index < -0.39 is 11.5 Å². The molecule has 0 aromatic carbocycles. The highest BCUT2D eigenvalue weighted by molar-refractivity contribution is 7.07. The molecule has 0 fully saturated rings. The molecule has 94 valence electrons. The minimum Gasteiger partial charge on any atom is -0.479 e. The van der Waals surface area contributed by atoms with Crippen molar-refractivity contribution in [2.24, 2.45) is 0 Å². The van der Waals surface area contributed by atoms with Crippen molar-refractivity contribution >= 4 is 23.2 Å². The highest BCUT2D eigenvalue weighted by atomic mass is 32.1. The molecule has 2 N–H and O–H groups in total. The summed E-state index contributed by atoms with van der Waals surface area (Å²) < 4.78 is 4.81. The zero-order valence-corrected chi connectivity index (χ0v) is 10.5. The van der Waals surface area contributed by atoms with Crippen LogP contribution in [0.1, 0.15) is 12.5 Å². The summed E-state index contributed by atoms with van der Waals surface area (Å²) in [6, 6.07) is 1.83. The van der Waals surface area contributed by atoms with Crippen LogP contribution in [-0.2, 0) is 20.7 Å². The number of thiophene rings is 1. The van der Waals surface area contributed by atoms with Crippen LogP contribution in [0.3, 0.4) is 0 Å². The molecule has 1 rings (SSSR count). The summed E-state index contributed by atoms with van der Waals surface area (Å²) in [5.41, 5.74) is -0.514. The van der Waals surface area contributed by atoms with E-state index in [1.165, 1.54) is 25.4 Å². The quantitative estimate of drug-likeness (QED) is 0.793. The van der Waals surface area contributed by atoms with Gasteiger partial charge in [-0.25, -0.2) is 4.79 Å². The molecule has 6 heteroatoms. The topological polar surface area (TPSA) is 75.6 Å². The molecular weight excluding hydrogens is 242 g/mol. The van der Waals surface area contributed by atoms with Crippen molar-refractivity contribution in [2.45, 2.75) is 18.9 Å². The number of aliphatic carboxylic acids is 1. The van der Waals surface area contributed by atoms with Crippen LogP contribution in [0.5, 0.6) is 0 Å². The number of hydrogen-bond donors (Lipinski definition) is 2. The molecule has 1 atom stereocenters. The third-order valence-corrected chi connectivity index (χ3v) is 3.00. The van der Waals surface area contributed by atoms with Crippen LogP contribution < -0.4 is 5.32 Å². The Kier molecular flexibility index (Phi) is 4.65. The minimum atomic E-state index is -1.39. The van der Waals surface area contributed by atoms with Gasteiger partial charge in [-0.05, 0) is 29.3 Å². The molecule has 0 aliphatic heterocycles. The van der Waals surface area contributed by atoms with Crippen LogP contribution >= 0.6 is 11.3 Å². The van der Waals surface area contributed by atoms with Crippen LogP contribution in [0.25, 0.3) is 0 Å². The maximum absolute atomic E-state index is 11.7. The number of hydrogen-bond acceptors (Lipinski definition) is 4. The Morgan fingerprint density at radius 3 is 2.76 bits per heavy atom. The van der Waals surface area contributed by atoms with E-state index in [9.17, 15) is 9.59 Å². The van der Waals surface area contributed by atoms with E-state index in [4.69, 9.17) is 9.84 Å². The molecule has 1 unspecified atom stereocenters. The zero-order valence-electron chi connectivity index (χ0n) is 9.73. The lowest BCUT2D eigenvalue weighted by molar-refractivity contribution is -0.149. The summed E-state index contributed by atoms with van der Waals surface area (Å²) in [5.74, 6) is -1.44. The predicted molar refractivity (Wildman–Crippen MR) is 64.1 cm³/mol. The number of nitrogens with one attached hydrogen (secondary N) is 1. The Hall–Kier alpha value is -1.40. The third kappa shape index (κ3) is 3.83. The summed E-state index contributed by atoms with van der Waals surface area (Å²) >= 11 is 1.50. The summed E-state index contributed by atoms with van der Waals surface area (Å²) in [4.78, 5) is 22.7. The van der Waals surface area contributed by atoms with E-state index >= 15 is 0 Å². The standard InChI is InChI=1S/C11H15NO4S/c1-11(7-16-2,10(14)15)12-9(13)5-8-3-4-17-6-8/h3-4,6H,5,7H2,1-2H3,(H,12,13)(H,14,15). The van der Waals surface area contributed by atoms with Crippen molar-refractivity contribution in [1.29, 1.82) is 0 Å². The molecule has 0 saturated carbocycles. The Morgan fingerprint density at radius 1 is 1.59 bits per heavy atom. The lowest BCUT2D eigenvalue weighted by Crippen LogP contribution is -2.55. The number of carbonyl (C=O) groups is 2. The lowest BCUT2D eigenvalue weighted by atomic mass is 10.0. The van der Waals surface area contributed by atoms with Crippen molar-refractivity contribution in [1.82, 2.24) is 5.32 Å². The van der Waals surface area contributed by atoms with Gasteiger partial charge < -0.3 is 15.2 Å². The largest absolute Gasteiger partial charge is 0.479 e. The highest BCUT2D eigenvalue weighted by Crippen LogP contribution is 2.09. The number of carboxylic acids is 1. The van der Waals surface area contributed by atoms with Gasteiger partial charge in [-0.1, -0.05) is 0 Å². The molecule has 0 radical (unpaired) electrons.